The molecule has 8 nitrogen and oxygen atoms in total. The van der Waals surface area contributed by atoms with Crippen LogP contribution in [-0.2, 0) is 6.54 Å². The third-order valence-corrected chi connectivity index (χ3v) is 6.80. The highest BCUT2D eigenvalue weighted by Gasteiger charge is 2.22. The van der Waals surface area contributed by atoms with E-state index >= 15 is 0 Å². The average Bonchev–Trinajstić information content (AvgIpc) is 3.54. The summed E-state index contributed by atoms with van der Waals surface area (Å²) in [5, 5.41) is 11.8. The number of hydrogen-bond donors (Lipinski definition) is 2. The lowest BCUT2D eigenvalue weighted by molar-refractivity contribution is 0.324. The lowest BCUT2D eigenvalue weighted by atomic mass is 10.1. The zero-order chi connectivity index (χ0) is 25.2. The molecule has 0 amide bonds. The number of fused-ring (bicyclic) bond motifs is 1. The Bertz CT molecular complexity index is 1580. The number of anilines is 1. The normalized spacial score (nSPS) is 15.6. The van der Waals surface area contributed by atoms with E-state index in [4.69, 9.17) is 21.0 Å². The third-order valence-electron chi connectivity index (χ3n) is 6.80. The molecule has 8 heteroatoms. The fraction of sp³-hybridized carbons (Fsp3) is 0.172. The molecule has 0 aliphatic carbocycles. The minimum absolute atomic E-state index is 0.235. The first kappa shape index (κ1) is 22.7. The average molecular weight is 487 g/mol. The maximum atomic E-state index is 8.90. The molecule has 3 aromatic heterocycles. The molecule has 0 spiro atoms. The van der Waals surface area contributed by atoms with Crippen LogP contribution in [0.15, 0.2) is 85.1 Å². The Balaban J connectivity index is 1.41. The van der Waals surface area contributed by atoms with Crippen LogP contribution in [0.1, 0.15) is 12.0 Å². The van der Waals surface area contributed by atoms with Gasteiger partial charge in [-0.25, -0.2) is 15.0 Å². The molecule has 182 valence electrons. The molecule has 5 aromatic rings. The van der Waals surface area contributed by atoms with E-state index in [-0.39, 0.29) is 6.04 Å². The van der Waals surface area contributed by atoms with E-state index in [0.717, 1.165) is 59.7 Å². The highest BCUT2D eigenvalue weighted by molar-refractivity contribution is 5.84. The van der Waals surface area contributed by atoms with Crippen LogP contribution < -0.4 is 11.1 Å². The molecule has 1 fully saturated rings. The summed E-state index contributed by atoms with van der Waals surface area (Å²) < 4.78 is 2.06. The number of nitriles is 1. The molecular formula is C29H26N8. The highest BCUT2D eigenvalue weighted by atomic mass is 15.2. The van der Waals surface area contributed by atoms with Crippen molar-refractivity contribution < 1.29 is 0 Å². The van der Waals surface area contributed by atoms with Crippen molar-refractivity contribution in [1.29, 1.82) is 5.26 Å². The van der Waals surface area contributed by atoms with E-state index in [1.54, 1.807) is 6.20 Å². The molecule has 4 heterocycles. The lowest BCUT2D eigenvalue weighted by Gasteiger charge is -2.16. The van der Waals surface area contributed by atoms with Crippen molar-refractivity contribution in [1.82, 2.24) is 29.7 Å². The van der Waals surface area contributed by atoms with Gasteiger partial charge in [-0.1, -0.05) is 42.5 Å². The van der Waals surface area contributed by atoms with Gasteiger partial charge in [0.1, 0.15) is 11.3 Å². The highest BCUT2D eigenvalue weighted by Crippen LogP contribution is 2.32. The van der Waals surface area contributed by atoms with Crippen LogP contribution >= 0.6 is 0 Å². The molecular weight excluding hydrogens is 460 g/mol. The zero-order valence-electron chi connectivity index (χ0n) is 20.2. The molecule has 1 saturated heterocycles. The number of nitrogen functional groups attached to an aromatic ring is 1. The standard InChI is InChI=1S/C29H26N8/c30-19-33-22-14-16-36(18-22)17-20-8-10-23(11-9-20)37-28(24-7-4-15-32-27(24)31)35-26-13-12-25(34-29(26)37)21-5-2-1-3-6-21/h1-13,15,22,33H,14,16-18H2,(H2,31,32)/t22-/m0/s1. The Labute approximate surface area is 215 Å². The predicted molar refractivity (Wildman–Crippen MR) is 144 cm³/mol. The van der Waals surface area contributed by atoms with Gasteiger partial charge in [0.15, 0.2) is 17.7 Å². The second kappa shape index (κ2) is 9.72. The van der Waals surface area contributed by atoms with Gasteiger partial charge in [-0.15, -0.1) is 0 Å². The molecule has 37 heavy (non-hydrogen) atoms. The Kier molecular flexibility index (Phi) is 5.97. The molecule has 2 aromatic carbocycles. The fourth-order valence-corrected chi connectivity index (χ4v) is 4.95. The minimum atomic E-state index is 0.235. The summed E-state index contributed by atoms with van der Waals surface area (Å²) in [7, 11) is 0. The second-order valence-electron chi connectivity index (χ2n) is 9.26. The smallest absolute Gasteiger partial charge is 0.176 e. The minimum Gasteiger partial charge on any atom is -0.383 e. The summed E-state index contributed by atoms with van der Waals surface area (Å²) in [5.74, 6) is 1.13. The van der Waals surface area contributed by atoms with Crippen LogP contribution in [0, 0.1) is 11.5 Å². The molecule has 0 radical (unpaired) electrons. The van der Waals surface area contributed by atoms with E-state index in [0.29, 0.717) is 11.6 Å². The molecule has 6 rings (SSSR count). The second-order valence-corrected chi connectivity index (χ2v) is 9.26. The van der Waals surface area contributed by atoms with Gasteiger partial charge < -0.3 is 11.1 Å². The van der Waals surface area contributed by atoms with Gasteiger partial charge in [-0.05, 0) is 48.4 Å². The van der Waals surface area contributed by atoms with Crippen molar-refractivity contribution in [2.75, 3.05) is 18.8 Å². The monoisotopic (exact) mass is 486 g/mol. The summed E-state index contributed by atoms with van der Waals surface area (Å²) in [6, 6.07) is 26.7. The van der Waals surface area contributed by atoms with Gasteiger partial charge >= 0.3 is 0 Å². The van der Waals surface area contributed by atoms with Crippen LogP contribution in [0.4, 0.5) is 5.82 Å². The number of nitrogens with two attached hydrogens (primary N) is 1. The van der Waals surface area contributed by atoms with Crippen molar-refractivity contribution >= 4 is 17.0 Å². The lowest BCUT2D eigenvalue weighted by Crippen LogP contribution is -2.29. The van der Waals surface area contributed by atoms with E-state index < -0.39 is 0 Å². The largest absolute Gasteiger partial charge is 0.383 e. The SMILES string of the molecule is N#CN[C@H]1CCN(Cc2ccc(-n3c(-c4cccnc4N)nc4ccc(-c5ccccc5)nc43)cc2)C1. The molecule has 1 aliphatic heterocycles. The first-order chi connectivity index (χ1) is 18.2. The number of benzene rings is 2. The molecule has 0 unspecified atom stereocenters. The van der Waals surface area contributed by atoms with Crippen LogP contribution in [0.5, 0.6) is 0 Å². The Hall–Kier alpha value is -4.74. The van der Waals surface area contributed by atoms with Gasteiger partial charge in [0.05, 0.1) is 11.3 Å². The Morgan fingerprint density at radius 1 is 0.973 bits per heavy atom. The number of pyridine rings is 2. The van der Waals surface area contributed by atoms with Crippen molar-refractivity contribution in [2.24, 2.45) is 0 Å². The van der Waals surface area contributed by atoms with Crippen molar-refractivity contribution in [3.05, 3.63) is 90.6 Å². The summed E-state index contributed by atoms with van der Waals surface area (Å²) in [5.41, 5.74) is 12.7. The summed E-state index contributed by atoms with van der Waals surface area (Å²) in [4.78, 5) is 16.6. The number of rotatable bonds is 6. The summed E-state index contributed by atoms with van der Waals surface area (Å²) >= 11 is 0. The maximum absolute atomic E-state index is 8.90. The quantitative estimate of drug-likeness (QED) is 0.271. The summed E-state index contributed by atoms with van der Waals surface area (Å²) in [6.45, 7) is 2.69. The topological polar surface area (TPSA) is 109 Å². The number of likely N-dealkylation sites (tertiary alicyclic amines) is 1. The first-order valence-corrected chi connectivity index (χ1v) is 12.3. The van der Waals surface area contributed by atoms with Gasteiger partial charge in [0.2, 0.25) is 0 Å². The Morgan fingerprint density at radius 2 is 1.81 bits per heavy atom. The molecule has 1 aliphatic rings. The number of aromatic nitrogens is 4. The van der Waals surface area contributed by atoms with Crippen molar-refractivity contribution in [2.45, 2.75) is 19.0 Å². The molecule has 0 saturated carbocycles. The van der Waals surface area contributed by atoms with Gasteiger partial charge in [-0.3, -0.25) is 9.47 Å². The van der Waals surface area contributed by atoms with Gasteiger partial charge in [0.25, 0.3) is 0 Å². The predicted octanol–water partition coefficient (Wildman–Crippen LogP) is 4.38. The van der Waals surface area contributed by atoms with E-state index in [9.17, 15) is 0 Å². The van der Waals surface area contributed by atoms with Crippen molar-refractivity contribution in [3.63, 3.8) is 0 Å². The van der Waals surface area contributed by atoms with Crippen LogP contribution in [0.2, 0.25) is 0 Å². The summed E-state index contributed by atoms with van der Waals surface area (Å²) in [6.07, 6.45) is 4.73. The van der Waals surface area contributed by atoms with Crippen LogP contribution in [0.25, 0.3) is 39.5 Å². The Morgan fingerprint density at radius 3 is 2.59 bits per heavy atom. The van der Waals surface area contributed by atoms with Crippen molar-refractivity contribution in [3.8, 4) is 34.5 Å². The maximum Gasteiger partial charge on any atom is 0.176 e. The number of imidazole rings is 1. The van der Waals surface area contributed by atoms with E-state index in [1.807, 2.05) is 42.5 Å². The van der Waals surface area contributed by atoms with E-state index in [1.165, 1.54) is 5.56 Å². The number of nitrogens with one attached hydrogen (secondary N) is 1. The third kappa shape index (κ3) is 4.48. The molecule has 0 bridgehead atoms. The molecule has 1 atom stereocenters. The van der Waals surface area contributed by atoms with Gasteiger partial charge in [0, 0.05) is 43.1 Å². The van der Waals surface area contributed by atoms with Gasteiger partial charge in [-0.2, -0.15) is 5.26 Å². The number of nitrogens with zero attached hydrogens (tertiary/aromatic N) is 6. The first-order valence-electron chi connectivity index (χ1n) is 12.3. The fourth-order valence-electron chi connectivity index (χ4n) is 4.95. The van der Waals surface area contributed by atoms with Crippen LogP contribution in [0.3, 0.4) is 0 Å². The zero-order valence-corrected chi connectivity index (χ0v) is 20.2. The number of hydrogen-bond acceptors (Lipinski definition) is 7. The molecule has 3 N–H and O–H groups in total. The van der Waals surface area contributed by atoms with Crippen LogP contribution in [-0.4, -0.2) is 43.6 Å². The van der Waals surface area contributed by atoms with E-state index in [2.05, 4.69) is 62.4 Å².